The van der Waals surface area contributed by atoms with Crippen LogP contribution in [0.15, 0.2) is 18.2 Å². The summed E-state index contributed by atoms with van der Waals surface area (Å²) in [6.45, 7) is 5.01. The molecule has 0 radical (unpaired) electrons. The summed E-state index contributed by atoms with van der Waals surface area (Å²) in [4.78, 5) is 14.0. The number of amides is 1. The Morgan fingerprint density at radius 3 is 2.74 bits per heavy atom. The van der Waals surface area contributed by atoms with Crippen LogP contribution in [-0.2, 0) is 11.2 Å². The Kier molecular flexibility index (Phi) is 4.61. The Morgan fingerprint density at radius 2 is 2.11 bits per heavy atom. The molecule has 0 aromatic heterocycles. The molecule has 0 fully saturated rings. The summed E-state index contributed by atoms with van der Waals surface area (Å²) in [5.74, 6) is 0.817. The SMILES string of the molecule is CC(C)C(CBr)CN1C(=O)CCc2cc(F)ccc21. The van der Waals surface area contributed by atoms with Gasteiger partial charge in [-0.3, -0.25) is 4.79 Å². The van der Waals surface area contributed by atoms with Crippen LogP contribution in [0.4, 0.5) is 10.1 Å². The summed E-state index contributed by atoms with van der Waals surface area (Å²) < 4.78 is 13.3. The van der Waals surface area contributed by atoms with E-state index in [4.69, 9.17) is 0 Å². The number of anilines is 1. The van der Waals surface area contributed by atoms with E-state index in [0.717, 1.165) is 16.6 Å². The monoisotopic (exact) mass is 327 g/mol. The zero-order chi connectivity index (χ0) is 14.0. The first-order valence-corrected chi connectivity index (χ1v) is 7.79. The van der Waals surface area contributed by atoms with Crippen LogP contribution in [0.5, 0.6) is 0 Å². The smallest absolute Gasteiger partial charge is 0.227 e. The molecular weight excluding hydrogens is 309 g/mol. The normalized spacial score (nSPS) is 16.7. The first-order valence-electron chi connectivity index (χ1n) is 6.67. The molecule has 1 aromatic rings. The first-order chi connectivity index (χ1) is 9.02. The molecule has 1 aromatic carbocycles. The van der Waals surface area contributed by atoms with Crippen LogP contribution < -0.4 is 4.90 Å². The number of nitrogens with zero attached hydrogens (tertiary/aromatic N) is 1. The highest BCUT2D eigenvalue weighted by Crippen LogP contribution is 2.30. The number of carbonyl (C=O) groups is 1. The number of fused-ring (bicyclic) bond motifs is 1. The summed E-state index contributed by atoms with van der Waals surface area (Å²) in [6.07, 6.45) is 1.12. The van der Waals surface area contributed by atoms with Crippen molar-refractivity contribution < 1.29 is 9.18 Å². The van der Waals surface area contributed by atoms with Crippen molar-refractivity contribution in [2.24, 2.45) is 11.8 Å². The highest BCUT2D eigenvalue weighted by atomic mass is 79.9. The van der Waals surface area contributed by atoms with Gasteiger partial charge in [0.25, 0.3) is 0 Å². The predicted octanol–water partition coefficient (Wildman–Crippen LogP) is 3.77. The van der Waals surface area contributed by atoms with Gasteiger partial charge in [-0.25, -0.2) is 4.39 Å². The molecule has 4 heteroatoms. The number of alkyl halides is 1. The van der Waals surface area contributed by atoms with Crippen molar-refractivity contribution >= 4 is 27.5 Å². The molecule has 0 saturated heterocycles. The molecule has 104 valence electrons. The lowest BCUT2D eigenvalue weighted by Gasteiger charge is -2.33. The van der Waals surface area contributed by atoms with E-state index in [2.05, 4.69) is 29.8 Å². The van der Waals surface area contributed by atoms with Gasteiger partial charge < -0.3 is 4.90 Å². The lowest BCUT2D eigenvalue weighted by atomic mass is 9.94. The molecule has 1 atom stereocenters. The lowest BCUT2D eigenvalue weighted by molar-refractivity contribution is -0.119. The molecule has 2 rings (SSSR count). The predicted molar refractivity (Wildman–Crippen MR) is 79.2 cm³/mol. The zero-order valence-electron chi connectivity index (χ0n) is 11.3. The van der Waals surface area contributed by atoms with Crippen molar-refractivity contribution in [2.75, 3.05) is 16.8 Å². The lowest BCUT2D eigenvalue weighted by Crippen LogP contribution is -2.40. The molecule has 1 aliphatic heterocycles. The Hall–Kier alpha value is -0.900. The second-order valence-corrected chi connectivity index (χ2v) is 6.08. The Bertz CT molecular complexity index is 475. The summed E-state index contributed by atoms with van der Waals surface area (Å²) >= 11 is 3.52. The van der Waals surface area contributed by atoms with E-state index in [-0.39, 0.29) is 11.7 Å². The maximum atomic E-state index is 13.3. The van der Waals surface area contributed by atoms with E-state index in [1.54, 1.807) is 12.1 Å². The molecule has 1 heterocycles. The van der Waals surface area contributed by atoms with Gasteiger partial charge >= 0.3 is 0 Å². The number of aryl methyl sites for hydroxylation is 1. The van der Waals surface area contributed by atoms with Gasteiger partial charge in [-0.05, 0) is 42.0 Å². The van der Waals surface area contributed by atoms with Crippen LogP contribution in [0.2, 0.25) is 0 Å². The van der Waals surface area contributed by atoms with Crippen LogP contribution in [0, 0.1) is 17.7 Å². The summed E-state index contributed by atoms with van der Waals surface area (Å²) in [6, 6.07) is 4.71. The Labute approximate surface area is 122 Å². The number of halogens is 2. The molecule has 1 amide bonds. The molecule has 0 aliphatic carbocycles. The van der Waals surface area contributed by atoms with Gasteiger partial charge in [0.1, 0.15) is 5.82 Å². The van der Waals surface area contributed by atoms with Crippen LogP contribution in [0.1, 0.15) is 25.8 Å². The number of benzene rings is 1. The molecule has 0 saturated carbocycles. The average Bonchev–Trinajstić information content (AvgIpc) is 2.37. The quantitative estimate of drug-likeness (QED) is 0.771. The highest BCUT2D eigenvalue weighted by Gasteiger charge is 2.27. The topological polar surface area (TPSA) is 20.3 Å². The van der Waals surface area contributed by atoms with Gasteiger partial charge in [0.2, 0.25) is 5.91 Å². The second kappa shape index (κ2) is 6.04. The van der Waals surface area contributed by atoms with Gasteiger partial charge in [-0.15, -0.1) is 0 Å². The fraction of sp³-hybridized carbons (Fsp3) is 0.533. The third kappa shape index (κ3) is 3.16. The standard InChI is InChI=1S/C15H19BrFNO/c1-10(2)12(8-16)9-18-14-5-4-13(17)7-11(14)3-6-15(18)19/h4-5,7,10,12H,3,6,8-9H2,1-2H3. The summed E-state index contributed by atoms with van der Waals surface area (Å²) in [5.41, 5.74) is 1.82. The minimum atomic E-state index is -0.228. The fourth-order valence-corrected chi connectivity index (χ4v) is 3.35. The van der Waals surface area contributed by atoms with Gasteiger partial charge in [-0.1, -0.05) is 29.8 Å². The fourth-order valence-electron chi connectivity index (χ4n) is 2.40. The summed E-state index contributed by atoms with van der Waals surface area (Å²) in [5, 5.41) is 0.866. The third-order valence-electron chi connectivity index (χ3n) is 3.80. The highest BCUT2D eigenvalue weighted by molar-refractivity contribution is 9.09. The number of hydrogen-bond donors (Lipinski definition) is 0. The maximum Gasteiger partial charge on any atom is 0.227 e. The van der Waals surface area contributed by atoms with Gasteiger partial charge in [0.05, 0.1) is 0 Å². The number of carbonyl (C=O) groups excluding carboxylic acids is 1. The molecule has 0 N–H and O–H groups in total. The van der Waals surface area contributed by atoms with Gasteiger partial charge in [-0.2, -0.15) is 0 Å². The number of hydrogen-bond acceptors (Lipinski definition) is 1. The van der Waals surface area contributed by atoms with Crippen molar-refractivity contribution in [1.82, 2.24) is 0 Å². The third-order valence-corrected chi connectivity index (χ3v) is 4.63. The molecule has 0 bridgehead atoms. The van der Waals surface area contributed by atoms with Crippen molar-refractivity contribution in [1.29, 1.82) is 0 Å². The summed E-state index contributed by atoms with van der Waals surface area (Å²) in [7, 11) is 0. The maximum absolute atomic E-state index is 13.3. The van der Waals surface area contributed by atoms with Crippen molar-refractivity contribution in [3.63, 3.8) is 0 Å². The molecular formula is C15H19BrFNO. The molecule has 0 spiro atoms. The molecule has 2 nitrogen and oxygen atoms in total. The van der Waals surface area contributed by atoms with E-state index in [1.165, 1.54) is 6.07 Å². The van der Waals surface area contributed by atoms with Crippen LogP contribution in [0.25, 0.3) is 0 Å². The van der Waals surface area contributed by atoms with E-state index >= 15 is 0 Å². The van der Waals surface area contributed by atoms with Crippen molar-refractivity contribution in [3.8, 4) is 0 Å². The van der Waals surface area contributed by atoms with E-state index in [0.29, 0.717) is 31.2 Å². The van der Waals surface area contributed by atoms with Gasteiger partial charge in [0, 0.05) is 24.0 Å². The van der Waals surface area contributed by atoms with Crippen LogP contribution >= 0.6 is 15.9 Å². The molecule has 1 aliphatic rings. The van der Waals surface area contributed by atoms with Crippen molar-refractivity contribution in [2.45, 2.75) is 26.7 Å². The minimum Gasteiger partial charge on any atom is -0.312 e. The Balaban J connectivity index is 2.27. The Morgan fingerprint density at radius 1 is 1.37 bits per heavy atom. The van der Waals surface area contributed by atoms with E-state index in [1.807, 2.05) is 4.90 Å². The largest absolute Gasteiger partial charge is 0.312 e. The minimum absolute atomic E-state index is 0.144. The van der Waals surface area contributed by atoms with Crippen LogP contribution in [-0.4, -0.2) is 17.8 Å². The second-order valence-electron chi connectivity index (χ2n) is 5.44. The van der Waals surface area contributed by atoms with Gasteiger partial charge in [0.15, 0.2) is 0 Å². The average molecular weight is 328 g/mol. The van der Waals surface area contributed by atoms with E-state index in [9.17, 15) is 9.18 Å². The first kappa shape index (κ1) is 14.5. The van der Waals surface area contributed by atoms with Crippen LogP contribution in [0.3, 0.4) is 0 Å². The molecule has 1 unspecified atom stereocenters. The molecule has 19 heavy (non-hydrogen) atoms. The van der Waals surface area contributed by atoms with E-state index < -0.39 is 0 Å². The van der Waals surface area contributed by atoms with Crippen molar-refractivity contribution in [3.05, 3.63) is 29.6 Å². The zero-order valence-corrected chi connectivity index (χ0v) is 12.9. The number of rotatable bonds is 4.